The van der Waals surface area contributed by atoms with Crippen LogP contribution in [0.2, 0.25) is 5.02 Å². The van der Waals surface area contributed by atoms with Crippen LogP contribution >= 0.6 is 11.6 Å². The highest BCUT2D eigenvalue weighted by atomic mass is 35.5. The van der Waals surface area contributed by atoms with E-state index < -0.39 is 11.9 Å². The monoisotopic (exact) mass is 348 g/mol. The number of benzene rings is 2. The minimum atomic E-state index is -0.486. The van der Waals surface area contributed by atoms with Crippen molar-refractivity contribution in [2.45, 2.75) is 13.5 Å². The Labute approximate surface area is 144 Å². The summed E-state index contributed by atoms with van der Waals surface area (Å²) in [6, 6.07) is 12.0. The standard InChI is InChI=1S/C17H17ClN2O4/c1-11(21)20(23)10-12-6-5-9-15(16(12)18)19-14-8-4-3-7-13(14)17(22)24-2/h3-9,19,23H,10H2,1-2H3. The molecule has 0 aliphatic rings. The molecule has 7 heteroatoms. The number of nitrogens with zero attached hydrogens (tertiary/aromatic N) is 1. The summed E-state index contributed by atoms with van der Waals surface area (Å²) in [7, 11) is 1.31. The molecule has 0 fully saturated rings. The molecule has 126 valence electrons. The van der Waals surface area contributed by atoms with Gasteiger partial charge in [0.1, 0.15) is 0 Å². The summed E-state index contributed by atoms with van der Waals surface area (Å²) in [5, 5.41) is 13.6. The van der Waals surface area contributed by atoms with E-state index in [0.29, 0.717) is 32.6 Å². The maximum absolute atomic E-state index is 11.8. The number of nitrogens with one attached hydrogen (secondary N) is 1. The van der Waals surface area contributed by atoms with Crippen molar-refractivity contribution in [3.05, 3.63) is 58.6 Å². The fourth-order valence-electron chi connectivity index (χ4n) is 2.10. The molecule has 0 saturated heterocycles. The number of hydrogen-bond acceptors (Lipinski definition) is 5. The molecule has 0 heterocycles. The molecule has 2 N–H and O–H groups in total. The predicted octanol–water partition coefficient (Wildman–Crippen LogP) is 3.61. The predicted molar refractivity (Wildman–Crippen MR) is 90.5 cm³/mol. The van der Waals surface area contributed by atoms with Gasteiger partial charge < -0.3 is 10.1 Å². The molecule has 0 radical (unpaired) electrons. The van der Waals surface area contributed by atoms with Gasteiger partial charge in [-0.1, -0.05) is 35.9 Å². The minimum absolute atomic E-state index is 0.0394. The number of carbonyl (C=O) groups is 2. The van der Waals surface area contributed by atoms with E-state index in [9.17, 15) is 14.8 Å². The molecule has 2 aromatic rings. The second kappa shape index (κ2) is 7.81. The third-order valence-corrected chi connectivity index (χ3v) is 3.81. The first-order valence-electron chi connectivity index (χ1n) is 7.12. The molecule has 24 heavy (non-hydrogen) atoms. The van der Waals surface area contributed by atoms with E-state index in [1.165, 1.54) is 14.0 Å². The maximum Gasteiger partial charge on any atom is 0.339 e. The highest BCUT2D eigenvalue weighted by Crippen LogP contribution is 2.30. The molecule has 0 unspecified atom stereocenters. The summed E-state index contributed by atoms with van der Waals surface area (Å²) in [6.45, 7) is 1.21. The van der Waals surface area contributed by atoms with Gasteiger partial charge in [0, 0.05) is 6.92 Å². The third-order valence-electron chi connectivity index (χ3n) is 3.36. The summed E-state index contributed by atoms with van der Waals surface area (Å²) in [4.78, 5) is 23.0. The van der Waals surface area contributed by atoms with E-state index in [1.807, 2.05) is 0 Å². The average Bonchev–Trinajstić information content (AvgIpc) is 2.58. The number of rotatable bonds is 5. The first kappa shape index (κ1) is 17.8. The van der Waals surface area contributed by atoms with Crippen molar-refractivity contribution in [3.63, 3.8) is 0 Å². The minimum Gasteiger partial charge on any atom is -0.465 e. The van der Waals surface area contributed by atoms with Crippen LogP contribution in [0.3, 0.4) is 0 Å². The number of esters is 1. The zero-order chi connectivity index (χ0) is 17.7. The van der Waals surface area contributed by atoms with Gasteiger partial charge >= 0.3 is 5.97 Å². The Hall–Kier alpha value is -2.57. The van der Waals surface area contributed by atoms with Crippen molar-refractivity contribution in [2.24, 2.45) is 0 Å². The first-order valence-corrected chi connectivity index (χ1v) is 7.50. The van der Waals surface area contributed by atoms with Crippen molar-refractivity contribution in [3.8, 4) is 0 Å². The average molecular weight is 349 g/mol. The SMILES string of the molecule is COC(=O)c1ccccc1Nc1cccc(CN(O)C(C)=O)c1Cl. The molecule has 0 spiro atoms. The van der Waals surface area contributed by atoms with Crippen molar-refractivity contribution in [2.75, 3.05) is 12.4 Å². The molecule has 0 bridgehead atoms. The second-order valence-electron chi connectivity index (χ2n) is 5.02. The topological polar surface area (TPSA) is 78.9 Å². The van der Waals surface area contributed by atoms with E-state index >= 15 is 0 Å². The Morgan fingerprint density at radius 2 is 1.83 bits per heavy atom. The van der Waals surface area contributed by atoms with Crippen molar-refractivity contribution < 1.29 is 19.5 Å². The van der Waals surface area contributed by atoms with Crippen LogP contribution in [0.25, 0.3) is 0 Å². The number of amides is 1. The molecule has 2 aromatic carbocycles. The first-order chi connectivity index (χ1) is 11.4. The van der Waals surface area contributed by atoms with Crippen LogP contribution in [0, 0.1) is 0 Å². The molecule has 1 amide bonds. The van der Waals surface area contributed by atoms with Crippen LogP contribution in [0.4, 0.5) is 11.4 Å². The van der Waals surface area contributed by atoms with Gasteiger partial charge in [-0.2, -0.15) is 0 Å². The molecule has 0 saturated carbocycles. The smallest absolute Gasteiger partial charge is 0.339 e. The van der Waals surface area contributed by atoms with Crippen LogP contribution in [0.1, 0.15) is 22.8 Å². The van der Waals surface area contributed by atoms with Gasteiger partial charge in [-0.05, 0) is 23.8 Å². The van der Waals surface area contributed by atoms with Crippen molar-refractivity contribution >= 4 is 34.9 Å². The van der Waals surface area contributed by atoms with Gasteiger partial charge in [0.25, 0.3) is 0 Å². The number of para-hydroxylation sites is 1. The highest BCUT2D eigenvalue weighted by Gasteiger charge is 2.15. The Balaban J connectivity index is 2.32. The van der Waals surface area contributed by atoms with Gasteiger partial charge in [0.15, 0.2) is 0 Å². The van der Waals surface area contributed by atoms with Crippen molar-refractivity contribution in [1.82, 2.24) is 5.06 Å². The Morgan fingerprint density at radius 3 is 2.50 bits per heavy atom. The maximum atomic E-state index is 11.8. The second-order valence-corrected chi connectivity index (χ2v) is 5.40. The number of ether oxygens (including phenoxy) is 1. The van der Waals surface area contributed by atoms with Gasteiger partial charge in [-0.3, -0.25) is 10.0 Å². The van der Waals surface area contributed by atoms with E-state index in [1.54, 1.807) is 42.5 Å². The van der Waals surface area contributed by atoms with Gasteiger partial charge in [-0.15, -0.1) is 0 Å². The number of carbonyl (C=O) groups excluding carboxylic acids is 2. The van der Waals surface area contributed by atoms with E-state index in [-0.39, 0.29) is 6.54 Å². The number of halogens is 1. The third kappa shape index (κ3) is 4.04. The number of anilines is 2. The molecular weight excluding hydrogens is 332 g/mol. The lowest BCUT2D eigenvalue weighted by Gasteiger charge is -2.17. The van der Waals surface area contributed by atoms with Crippen LogP contribution < -0.4 is 5.32 Å². The van der Waals surface area contributed by atoms with Crippen molar-refractivity contribution in [1.29, 1.82) is 0 Å². The van der Waals surface area contributed by atoms with Crippen LogP contribution in [-0.2, 0) is 16.1 Å². The van der Waals surface area contributed by atoms with Gasteiger partial charge in [0.2, 0.25) is 5.91 Å². The Morgan fingerprint density at radius 1 is 1.17 bits per heavy atom. The van der Waals surface area contributed by atoms with E-state index in [2.05, 4.69) is 5.32 Å². The fourth-order valence-corrected chi connectivity index (χ4v) is 2.33. The summed E-state index contributed by atoms with van der Waals surface area (Å²) in [6.07, 6.45) is 0. The number of hydrogen-bond donors (Lipinski definition) is 2. The molecule has 0 aliphatic carbocycles. The molecule has 0 aliphatic heterocycles. The van der Waals surface area contributed by atoms with E-state index in [0.717, 1.165) is 0 Å². The Kier molecular flexibility index (Phi) is 5.78. The Bertz CT molecular complexity index is 764. The lowest BCUT2D eigenvalue weighted by Crippen LogP contribution is -2.24. The van der Waals surface area contributed by atoms with Gasteiger partial charge in [-0.25, -0.2) is 9.86 Å². The summed E-state index contributed by atoms with van der Waals surface area (Å²) >= 11 is 6.35. The zero-order valence-electron chi connectivity index (χ0n) is 13.2. The lowest BCUT2D eigenvalue weighted by atomic mass is 10.1. The number of hydroxylamine groups is 2. The molecule has 2 rings (SSSR count). The molecular formula is C17H17ClN2O4. The molecule has 0 aromatic heterocycles. The lowest BCUT2D eigenvalue weighted by molar-refractivity contribution is -0.165. The van der Waals surface area contributed by atoms with Crippen LogP contribution in [0.15, 0.2) is 42.5 Å². The summed E-state index contributed by atoms with van der Waals surface area (Å²) in [5.41, 5.74) is 2.02. The largest absolute Gasteiger partial charge is 0.465 e. The fraction of sp³-hybridized carbons (Fsp3) is 0.176. The zero-order valence-corrected chi connectivity index (χ0v) is 14.0. The number of methoxy groups -OCH3 is 1. The normalized spacial score (nSPS) is 10.2. The van der Waals surface area contributed by atoms with Crippen LogP contribution in [0.5, 0.6) is 0 Å². The van der Waals surface area contributed by atoms with Gasteiger partial charge in [0.05, 0.1) is 35.6 Å². The van der Waals surface area contributed by atoms with E-state index in [4.69, 9.17) is 16.3 Å². The molecule has 0 atom stereocenters. The quantitative estimate of drug-likeness (QED) is 0.490. The van der Waals surface area contributed by atoms with Crippen LogP contribution in [-0.4, -0.2) is 29.3 Å². The summed E-state index contributed by atoms with van der Waals surface area (Å²) < 4.78 is 4.76. The highest BCUT2D eigenvalue weighted by molar-refractivity contribution is 6.34. The summed E-state index contributed by atoms with van der Waals surface area (Å²) in [5.74, 6) is -0.955. The molecule has 6 nitrogen and oxygen atoms in total.